The summed E-state index contributed by atoms with van der Waals surface area (Å²) in [6, 6.07) is 1.65. The van der Waals surface area contributed by atoms with Crippen LogP contribution in [-0.4, -0.2) is 37.3 Å². The highest BCUT2D eigenvalue weighted by molar-refractivity contribution is 5.17. The highest BCUT2D eigenvalue weighted by Gasteiger charge is 1.97. The van der Waals surface area contributed by atoms with E-state index in [0.29, 0.717) is 18.4 Å². The fourth-order valence-corrected chi connectivity index (χ4v) is 0.771. The largest absolute Gasteiger partial charge is 0.481 e. The van der Waals surface area contributed by atoms with Crippen molar-refractivity contribution in [3.63, 3.8) is 0 Å². The average Bonchev–Trinajstić information content (AvgIpc) is 2.19. The van der Waals surface area contributed by atoms with E-state index in [1.54, 1.807) is 13.2 Å². The average molecular weight is 183 g/mol. The maximum Gasteiger partial charge on any atom is 0.220 e. The van der Waals surface area contributed by atoms with Crippen molar-refractivity contribution >= 4 is 0 Å². The van der Waals surface area contributed by atoms with Gasteiger partial charge in [0.15, 0.2) is 0 Å². The molecule has 0 aliphatic rings. The molecule has 0 saturated heterocycles. The van der Waals surface area contributed by atoms with Gasteiger partial charge in [0.25, 0.3) is 0 Å². The zero-order chi connectivity index (χ0) is 9.52. The fourth-order valence-electron chi connectivity index (χ4n) is 0.771. The van der Waals surface area contributed by atoms with Crippen LogP contribution in [0, 0.1) is 0 Å². The lowest BCUT2D eigenvalue weighted by Gasteiger charge is -2.04. The molecule has 0 aliphatic carbocycles. The summed E-state index contributed by atoms with van der Waals surface area (Å²) in [6.07, 6.45) is 1.41. The van der Waals surface area contributed by atoms with E-state index in [9.17, 15) is 0 Å². The summed E-state index contributed by atoms with van der Waals surface area (Å²) < 4.78 is 10.2. The molecular weight excluding hydrogens is 170 g/mol. The molecule has 0 fully saturated rings. The molecule has 1 aromatic heterocycles. The van der Waals surface area contributed by atoms with Gasteiger partial charge in [-0.15, -0.1) is 0 Å². The zero-order valence-corrected chi connectivity index (χ0v) is 7.78. The van der Waals surface area contributed by atoms with Crippen molar-refractivity contribution in [3.05, 3.63) is 12.4 Å². The molecular formula is C8H13N3O2. The zero-order valence-electron chi connectivity index (χ0n) is 7.78. The van der Waals surface area contributed by atoms with Crippen molar-refractivity contribution in [2.75, 3.05) is 27.3 Å². The lowest BCUT2D eigenvalue weighted by Crippen LogP contribution is -2.16. The molecule has 0 saturated carbocycles. The molecule has 1 N–H and O–H groups in total. The minimum Gasteiger partial charge on any atom is -0.481 e. The normalized spacial score (nSPS) is 9.69. The van der Waals surface area contributed by atoms with Crippen molar-refractivity contribution in [2.45, 2.75) is 0 Å². The van der Waals surface area contributed by atoms with Gasteiger partial charge in [-0.25, -0.2) is 9.97 Å². The monoisotopic (exact) mass is 183 g/mol. The van der Waals surface area contributed by atoms with Crippen LogP contribution in [0.15, 0.2) is 12.4 Å². The smallest absolute Gasteiger partial charge is 0.220 e. The van der Waals surface area contributed by atoms with Gasteiger partial charge in [-0.05, 0) is 7.05 Å². The third kappa shape index (κ3) is 3.25. The van der Waals surface area contributed by atoms with Crippen LogP contribution in [0.4, 0.5) is 0 Å². The maximum absolute atomic E-state index is 5.30. The molecule has 0 amide bonds. The Balaban J connectivity index is 2.46. The number of hydrogen-bond donors (Lipinski definition) is 1. The van der Waals surface area contributed by atoms with E-state index < -0.39 is 0 Å². The highest BCUT2D eigenvalue weighted by Crippen LogP contribution is 2.11. The number of likely N-dealkylation sites (N-methyl/N-ethyl adjacent to an activating group) is 1. The maximum atomic E-state index is 5.30. The van der Waals surface area contributed by atoms with Gasteiger partial charge in [-0.2, -0.15) is 0 Å². The topological polar surface area (TPSA) is 56.3 Å². The van der Waals surface area contributed by atoms with Crippen LogP contribution in [0.25, 0.3) is 0 Å². The first kappa shape index (κ1) is 9.73. The van der Waals surface area contributed by atoms with E-state index in [1.165, 1.54) is 6.33 Å². The van der Waals surface area contributed by atoms with Crippen LogP contribution in [0.1, 0.15) is 0 Å². The molecule has 5 heteroatoms. The van der Waals surface area contributed by atoms with Gasteiger partial charge in [0.05, 0.1) is 13.2 Å². The van der Waals surface area contributed by atoms with Crippen molar-refractivity contribution in [3.8, 4) is 11.8 Å². The Kier molecular flexibility index (Phi) is 3.98. The molecule has 72 valence electrons. The minimum atomic E-state index is 0.509. The summed E-state index contributed by atoms with van der Waals surface area (Å²) in [4.78, 5) is 7.78. The summed E-state index contributed by atoms with van der Waals surface area (Å²) in [5.74, 6) is 1.04. The molecule has 1 heterocycles. The Morgan fingerprint density at radius 2 is 2.15 bits per heavy atom. The molecule has 0 atom stereocenters. The summed E-state index contributed by atoms with van der Waals surface area (Å²) >= 11 is 0. The number of nitrogens with zero attached hydrogens (tertiary/aromatic N) is 2. The Bertz CT molecular complexity index is 255. The molecule has 0 aliphatic heterocycles. The van der Waals surface area contributed by atoms with Gasteiger partial charge in [0.2, 0.25) is 11.8 Å². The number of aromatic nitrogens is 2. The number of rotatable bonds is 5. The third-order valence-corrected chi connectivity index (χ3v) is 1.43. The van der Waals surface area contributed by atoms with E-state index in [0.717, 1.165) is 6.54 Å². The van der Waals surface area contributed by atoms with Gasteiger partial charge < -0.3 is 14.8 Å². The first-order valence-corrected chi connectivity index (χ1v) is 4.00. The summed E-state index contributed by atoms with van der Waals surface area (Å²) in [5.41, 5.74) is 0. The fraction of sp³-hybridized carbons (Fsp3) is 0.500. The molecule has 0 spiro atoms. The number of hydrogen-bond acceptors (Lipinski definition) is 5. The summed E-state index contributed by atoms with van der Waals surface area (Å²) in [5, 5.41) is 2.97. The standard InChI is InChI=1S/C8H13N3O2/c1-9-3-4-13-8-5-7(12-2)10-6-11-8/h5-6,9H,3-4H2,1-2H3. The van der Waals surface area contributed by atoms with E-state index in [2.05, 4.69) is 15.3 Å². The number of ether oxygens (including phenoxy) is 2. The van der Waals surface area contributed by atoms with Crippen molar-refractivity contribution in [2.24, 2.45) is 0 Å². The van der Waals surface area contributed by atoms with Crippen LogP contribution < -0.4 is 14.8 Å². The van der Waals surface area contributed by atoms with Crippen LogP contribution >= 0.6 is 0 Å². The van der Waals surface area contributed by atoms with E-state index in [-0.39, 0.29) is 0 Å². The van der Waals surface area contributed by atoms with Crippen LogP contribution in [-0.2, 0) is 0 Å². The molecule has 0 aromatic carbocycles. The molecule has 0 unspecified atom stereocenters. The number of nitrogens with one attached hydrogen (secondary N) is 1. The Morgan fingerprint density at radius 1 is 1.38 bits per heavy atom. The molecule has 1 rings (SSSR count). The molecule has 0 bridgehead atoms. The summed E-state index contributed by atoms with van der Waals surface area (Å²) in [6.45, 7) is 1.36. The van der Waals surface area contributed by atoms with Gasteiger partial charge in [0, 0.05) is 6.54 Å². The SMILES string of the molecule is CNCCOc1cc(OC)ncn1. The van der Waals surface area contributed by atoms with Crippen molar-refractivity contribution in [1.82, 2.24) is 15.3 Å². The Morgan fingerprint density at radius 3 is 2.85 bits per heavy atom. The van der Waals surface area contributed by atoms with E-state index in [4.69, 9.17) is 9.47 Å². The molecule has 5 nitrogen and oxygen atoms in total. The predicted octanol–water partition coefficient (Wildman–Crippen LogP) is 0.0834. The second kappa shape index (κ2) is 5.31. The van der Waals surface area contributed by atoms with Gasteiger partial charge >= 0.3 is 0 Å². The van der Waals surface area contributed by atoms with Crippen molar-refractivity contribution in [1.29, 1.82) is 0 Å². The minimum absolute atomic E-state index is 0.509. The van der Waals surface area contributed by atoms with Crippen LogP contribution in [0.2, 0.25) is 0 Å². The second-order valence-electron chi connectivity index (χ2n) is 2.35. The second-order valence-corrected chi connectivity index (χ2v) is 2.35. The molecule has 1 aromatic rings. The Hall–Kier alpha value is -1.36. The van der Waals surface area contributed by atoms with E-state index in [1.807, 2.05) is 7.05 Å². The summed E-state index contributed by atoms with van der Waals surface area (Å²) in [7, 11) is 3.42. The van der Waals surface area contributed by atoms with Crippen LogP contribution in [0.5, 0.6) is 11.8 Å². The predicted molar refractivity (Wildman–Crippen MR) is 48.0 cm³/mol. The molecule has 13 heavy (non-hydrogen) atoms. The third-order valence-electron chi connectivity index (χ3n) is 1.43. The first-order valence-electron chi connectivity index (χ1n) is 4.00. The van der Waals surface area contributed by atoms with Crippen molar-refractivity contribution < 1.29 is 9.47 Å². The molecule has 0 radical (unpaired) electrons. The Labute approximate surface area is 77.1 Å². The lowest BCUT2D eigenvalue weighted by atomic mass is 10.6. The number of methoxy groups -OCH3 is 1. The van der Waals surface area contributed by atoms with Gasteiger partial charge in [-0.1, -0.05) is 0 Å². The van der Waals surface area contributed by atoms with Gasteiger partial charge in [0.1, 0.15) is 12.9 Å². The van der Waals surface area contributed by atoms with Gasteiger partial charge in [-0.3, -0.25) is 0 Å². The first-order chi connectivity index (χ1) is 6.36. The van der Waals surface area contributed by atoms with E-state index >= 15 is 0 Å². The highest BCUT2D eigenvalue weighted by atomic mass is 16.5. The quantitative estimate of drug-likeness (QED) is 0.655. The van der Waals surface area contributed by atoms with Crippen LogP contribution in [0.3, 0.4) is 0 Å². The lowest BCUT2D eigenvalue weighted by molar-refractivity contribution is 0.301.